The van der Waals surface area contributed by atoms with E-state index in [2.05, 4.69) is 28.4 Å². The van der Waals surface area contributed by atoms with Crippen molar-refractivity contribution in [3.05, 3.63) is 30.0 Å². The Hall–Kier alpha value is -1.35. The van der Waals surface area contributed by atoms with E-state index in [4.69, 9.17) is 5.73 Å². The van der Waals surface area contributed by atoms with Gasteiger partial charge in [0, 0.05) is 10.9 Å². The fraction of sp³-hybridized carbons (Fsp3) is 0.417. The molecule has 3 rings (SSSR count). The molecular formula is C12H15N3. The molecule has 0 saturated heterocycles. The van der Waals surface area contributed by atoms with Crippen molar-refractivity contribution in [2.45, 2.75) is 31.2 Å². The minimum atomic E-state index is 0.141. The number of nitrogens with two attached hydrogens (primary N) is 1. The first-order valence-electron chi connectivity index (χ1n) is 5.47. The van der Waals surface area contributed by atoms with Gasteiger partial charge in [-0.25, -0.2) is 0 Å². The lowest BCUT2D eigenvalue weighted by Gasteiger charge is -2.08. The largest absolute Gasteiger partial charge is 0.325 e. The van der Waals surface area contributed by atoms with Gasteiger partial charge in [0.1, 0.15) is 0 Å². The maximum atomic E-state index is 6.09. The summed E-state index contributed by atoms with van der Waals surface area (Å²) in [7, 11) is 0. The van der Waals surface area contributed by atoms with Gasteiger partial charge < -0.3 is 5.73 Å². The first-order valence-corrected chi connectivity index (χ1v) is 5.47. The number of nitrogens with zero attached hydrogens (tertiary/aromatic N) is 1. The molecule has 2 aromatic rings. The average molecular weight is 201 g/mol. The Morgan fingerprint density at radius 1 is 1.40 bits per heavy atom. The molecule has 78 valence electrons. The number of para-hydroxylation sites is 1. The Balaban J connectivity index is 1.86. The third-order valence-electron chi connectivity index (χ3n) is 3.35. The lowest BCUT2D eigenvalue weighted by atomic mass is 10.0. The molecule has 1 aliphatic carbocycles. The van der Waals surface area contributed by atoms with E-state index in [9.17, 15) is 0 Å². The zero-order valence-corrected chi connectivity index (χ0v) is 8.66. The van der Waals surface area contributed by atoms with Crippen LogP contribution in [0.5, 0.6) is 0 Å². The lowest BCUT2D eigenvalue weighted by molar-refractivity contribution is 0.610. The van der Waals surface area contributed by atoms with Gasteiger partial charge in [-0.2, -0.15) is 5.10 Å². The molecule has 0 bridgehead atoms. The van der Waals surface area contributed by atoms with Crippen molar-refractivity contribution < 1.29 is 0 Å². The van der Waals surface area contributed by atoms with Crippen molar-refractivity contribution in [1.82, 2.24) is 10.2 Å². The van der Waals surface area contributed by atoms with E-state index in [1.54, 1.807) is 0 Å². The van der Waals surface area contributed by atoms with Gasteiger partial charge in [-0.15, -0.1) is 0 Å². The highest BCUT2D eigenvalue weighted by atomic mass is 15.1. The standard InChI is InChI=1S/C12H15N3/c13-12(6-7-12)5-4-9-2-1-3-10-8-14-15-11(9)10/h1-3,8H,4-7,13H2,(H,14,15). The van der Waals surface area contributed by atoms with Gasteiger partial charge in [-0.3, -0.25) is 5.10 Å². The number of rotatable bonds is 3. The average Bonchev–Trinajstić information content (AvgIpc) is 2.80. The van der Waals surface area contributed by atoms with Crippen LogP contribution in [-0.2, 0) is 6.42 Å². The molecule has 1 aliphatic rings. The molecule has 0 radical (unpaired) electrons. The van der Waals surface area contributed by atoms with Gasteiger partial charge in [-0.05, 0) is 31.2 Å². The maximum absolute atomic E-state index is 6.09. The fourth-order valence-corrected chi connectivity index (χ4v) is 2.03. The van der Waals surface area contributed by atoms with E-state index < -0.39 is 0 Å². The summed E-state index contributed by atoms with van der Waals surface area (Å²) >= 11 is 0. The molecule has 0 aliphatic heterocycles. The van der Waals surface area contributed by atoms with Crippen LogP contribution in [-0.4, -0.2) is 15.7 Å². The molecule has 1 aromatic carbocycles. The highest BCUT2D eigenvalue weighted by Crippen LogP contribution is 2.36. The maximum Gasteiger partial charge on any atom is 0.0682 e. The number of hydrogen-bond donors (Lipinski definition) is 2. The lowest BCUT2D eigenvalue weighted by Crippen LogP contribution is -2.22. The number of aromatic amines is 1. The Morgan fingerprint density at radius 2 is 2.27 bits per heavy atom. The van der Waals surface area contributed by atoms with Crippen LogP contribution in [0.2, 0.25) is 0 Å². The van der Waals surface area contributed by atoms with E-state index in [-0.39, 0.29) is 5.54 Å². The molecule has 3 nitrogen and oxygen atoms in total. The Labute approximate surface area is 88.7 Å². The SMILES string of the molecule is NC1(CCc2cccc3cn[nH]c23)CC1. The van der Waals surface area contributed by atoms with E-state index >= 15 is 0 Å². The minimum absolute atomic E-state index is 0.141. The van der Waals surface area contributed by atoms with E-state index in [0.29, 0.717) is 0 Å². The van der Waals surface area contributed by atoms with Crippen LogP contribution >= 0.6 is 0 Å². The predicted octanol–water partition coefficient (Wildman–Crippen LogP) is 1.99. The second-order valence-electron chi connectivity index (χ2n) is 4.61. The minimum Gasteiger partial charge on any atom is -0.325 e. The Morgan fingerprint density at radius 3 is 3.07 bits per heavy atom. The van der Waals surface area contributed by atoms with Gasteiger partial charge >= 0.3 is 0 Å². The van der Waals surface area contributed by atoms with Gasteiger partial charge in [0.05, 0.1) is 11.7 Å². The molecule has 0 atom stereocenters. The number of benzene rings is 1. The van der Waals surface area contributed by atoms with Crippen LogP contribution in [0.15, 0.2) is 24.4 Å². The third kappa shape index (κ3) is 1.63. The monoisotopic (exact) mass is 201 g/mol. The second-order valence-corrected chi connectivity index (χ2v) is 4.61. The number of aryl methyl sites for hydroxylation is 1. The van der Waals surface area contributed by atoms with Crippen molar-refractivity contribution in [3.63, 3.8) is 0 Å². The van der Waals surface area contributed by atoms with Crippen molar-refractivity contribution in [2.75, 3.05) is 0 Å². The molecule has 1 heterocycles. The zero-order valence-electron chi connectivity index (χ0n) is 8.66. The van der Waals surface area contributed by atoms with Crippen molar-refractivity contribution in [2.24, 2.45) is 5.73 Å². The quantitative estimate of drug-likeness (QED) is 0.797. The first-order chi connectivity index (χ1) is 7.27. The summed E-state index contributed by atoms with van der Waals surface area (Å²) < 4.78 is 0. The highest BCUT2D eigenvalue weighted by molar-refractivity contribution is 5.81. The van der Waals surface area contributed by atoms with Crippen LogP contribution in [0.25, 0.3) is 10.9 Å². The molecule has 3 N–H and O–H groups in total. The highest BCUT2D eigenvalue weighted by Gasteiger charge is 2.37. The summed E-state index contributed by atoms with van der Waals surface area (Å²) in [6, 6.07) is 6.33. The summed E-state index contributed by atoms with van der Waals surface area (Å²) in [6.07, 6.45) is 6.38. The van der Waals surface area contributed by atoms with E-state index in [1.165, 1.54) is 29.3 Å². The summed E-state index contributed by atoms with van der Waals surface area (Å²) in [4.78, 5) is 0. The van der Waals surface area contributed by atoms with Crippen molar-refractivity contribution in [1.29, 1.82) is 0 Å². The van der Waals surface area contributed by atoms with Gasteiger partial charge in [0.15, 0.2) is 0 Å². The number of aromatic nitrogens is 2. The summed E-state index contributed by atoms with van der Waals surface area (Å²) in [5.41, 5.74) is 8.73. The summed E-state index contributed by atoms with van der Waals surface area (Å²) in [5.74, 6) is 0. The van der Waals surface area contributed by atoms with Crippen molar-refractivity contribution >= 4 is 10.9 Å². The second kappa shape index (κ2) is 3.07. The zero-order chi connectivity index (χ0) is 10.3. The predicted molar refractivity (Wildman–Crippen MR) is 60.6 cm³/mol. The van der Waals surface area contributed by atoms with Crippen LogP contribution in [0, 0.1) is 0 Å². The smallest absolute Gasteiger partial charge is 0.0682 e. The molecular weight excluding hydrogens is 186 g/mol. The third-order valence-corrected chi connectivity index (χ3v) is 3.35. The van der Waals surface area contributed by atoms with E-state index in [0.717, 1.165) is 12.8 Å². The first kappa shape index (κ1) is 8.92. The molecule has 1 fully saturated rings. The molecule has 3 heteroatoms. The van der Waals surface area contributed by atoms with Gasteiger partial charge in [0.25, 0.3) is 0 Å². The molecule has 0 unspecified atom stereocenters. The molecule has 1 saturated carbocycles. The Bertz CT molecular complexity index is 482. The molecule has 0 spiro atoms. The number of hydrogen-bond acceptors (Lipinski definition) is 2. The molecule has 0 amide bonds. The summed E-state index contributed by atoms with van der Waals surface area (Å²) in [6.45, 7) is 0. The normalized spacial score (nSPS) is 18.2. The van der Waals surface area contributed by atoms with Gasteiger partial charge in [0.2, 0.25) is 0 Å². The van der Waals surface area contributed by atoms with Crippen LogP contribution in [0.4, 0.5) is 0 Å². The number of nitrogens with one attached hydrogen (secondary N) is 1. The molecule has 1 aromatic heterocycles. The molecule has 15 heavy (non-hydrogen) atoms. The fourth-order valence-electron chi connectivity index (χ4n) is 2.03. The summed E-state index contributed by atoms with van der Waals surface area (Å²) in [5, 5.41) is 8.31. The Kier molecular flexibility index (Phi) is 1.83. The number of fused-ring (bicyclic) bond motifs is 1. The van der Waals surface area contributed by atoms with Crippen molar-refractivity contribution in [3.8, 4) is 0 Å². The van der Waals surface area contributed by atoms with E-state index in [1.807, 2.05) is 6.20 Å². The van der Waals surface area contributed by atoms with Crippen LogP contribution in [0.1, 0.15) is 24.8 Å². The van der Waals surface area contributed by atoms with Crippen LogP contribution < -0.4 is 5.73 Å². The number of H-pyrrole nitrogens is 1. The topological polar surface area (TPSA) is 54.7 Å². The van der Waals surface area contributed by atoms with Crippen LogP contribution in [0.3, 0.4) is 0 Å². The van der Waals surface area contributed by atoms with Gasteiger partial charge in [-0.1, -0.05) is 18.2 Å².